The molecule has 0 aliphatic rings. The molecule has 0 fully saturated rings. The summed E-state index contributed by atoms with van der Waals surface area (Å²) in [6.45, 7) is 6.63. The summed E-state index contributed by atoms with van der Waals surface area (Å²) in [5.74, 6) is -0.495. The zero-order valence-electron chi connectivity index (χ0n) is 12.8. The van der Waals surface area contributed by atoms with Gasteiger partial charge in [-0.05, 0) is 39.8 Å². The third-order valence-electron chi connectivity index (χ3n) is 2.98. The average Bonchev–Trinajstić information content (AvgIpc) is 2.32. The van der Waals surface area contributed by atoms with Gasteiger partial charge in [0.1, 0.15) is 12.4 Å². The van der Waals surface area contributed by atoms with Crippen LogP contribution in [0.1, 0.15) is 33.3 Å². The molecule has 21 heavy (non-hydrogen) atoms. The highest BCUT2D eigenvalue weighted by molar-refractivity contribution is 5.54. The van der Waals surface area contributed by atoms with Crippen molar-refractivity contribution < 1.29 is 17.6 Å². The van der Waals surface area contributed by atoms with Gasteiger partial charge in [-0.25, -0.2) is 4.39 Å². The van der Waals surface area contributed by atoms with E-state index >= 15 is 0 Å². The molecule has 0 spiro atoms. The molecule has 0 radical (unpaired) electrons. The van der Waals surface area contributed by atoms with Crippen LogP contribution in [0.15, 0.2) is 18.2 Å². The Bertz CT molecular complexity index is 464. The number of benzene rings is 1. The van der Waals surface area contributed by atoms with Crippen molar-refractivity contribution in [2.24, 2.45) is 0 Å². The van der Waals surface area contributed by atoms with Gasteiger partial charge in [-0.3, -0.25) is 0 Å². The number of alkyl halides is 3. The molecule has 2 nitrogen and oxygen atoms in total. The third kappa shape index (κ3) is 5.91. The number of nitrogens with zero attached hydrogens (tertiary/aromatic N) is 1. The number of hydrogen-bond acceptors (Lipinski definition) is 2. The van der Waals surface area contributed by atoms with Crippen LogP contribution in [0.3, 0.4) is 0 Å². The average molecular weight is 306 g/mol. The first-order valence-electron chi connectivity index (χ1n) is 6.87. The minimum atomic E-state index is -4.32. The molecule has 0 atom stereocenters. The number of hydrogen-bond donors (Lipinski definition) is 1. The second-order valence-corrected chi connectivity index (χ2v) is 5.97. The van der Waals surface area contributed by atoms with Crippen molar-refractivity contribution in [3.63, 3.8) is 0 Å². The molecule has 0 heterocycles. The SMILES string of the molecule is CCN(CC(F)(F)F)c1cccc(F)c1CNC(C)(C)C. The van der Waals surface area contributed by atoms with Crippen molar-refractivity contribution in [3.05, 3.63) is 29.6 Å². The number of nitrogens with one attached hydrogen (secondary N) is 1. The lowest BCUT2D eigenvalue weighted by molar-refractivity contribution is -0.119. The molecule has 0 aromatic heterocycles. The molecule has 0 saturated heterocycles. The second kappa shape index (κ2) is 6.64. The molecule has 1 rings (SSSR count). The summed E-state index contributed by atoms with van der Waals surface area (Å²) in [5.41, 5.74) is 0.297. The van der Waals surface area contributed by atoms with E-state index in [4.69, 9.17) is 0 Å². The summed E-state index contributed by atoms with van der Waals surface area (Å²) < 4.78 is 51.9. The fourth-order valence-electron chi connectivity index (χ4n) is 1.96. The van der Waals surface area contributed by atoms with Gasteiger partial charge in [-0.2, -0.15) is 13.2 Å². The minimum absolute atomic E-state index is 0.158. The van der Waals surface area contributed by atoms with E-state index in [-0.39, 0.29) is 29.9 Å². The summed E-state index contributed by atoms with van der Waals surface area (Å²) in [6, 6.07) is 4.23. The van der Waals surface area contributed by atoms with Gasteiger partial charge >= 0.3 is 6.18 Å². The van der Waals surface area contributed by atoms with Gasteiger partial charge in [0.2, 0.25) is 0 Å². The van der Waals surface area contributed by atoms with Gasteiger partial charge in [-0.1, -0.05) is 6.07 Å². The Morgan fingerprint density at radius 1 is 1.14 bits per heavy atom. The van der Waals surface area contributed by atoms with Crippen molar-refractivity contribution in [1.29, 1.82) is 0 Å². The first-order chi connectivity index (χ1) is 9.53. The number of halogens is 4. The van der Waals surface area contributed by atoms with Gasteiger partial charge in [-0.15, -0.1) is 0 Å². The van der Waals surface area contributed by atoms with E-state index in [0.29, 0.717) is 0 Å². The molecule has 1 aromatic rings. The van der Waals surface area contributed by atoms with Crippen LogP contribution in [0.5, 0.6) is 0 Å². The van der Waals surface area contributed by atoms with Gasteiger partial charge in [0.25, 0.3) is 0 Å². The molecule has 0 saturated carbocycles. The highest BCUT2D eigenvalue weighted by atomic mass is 19.4. The minimum Gasteiger partial charge on any atom is -0.363 e. The Balaban J connectivity index is 3.07. The Labute approximate surface area is 123 Å². The summed E-state index contributed by atoms with van der Waals surface area (Å²) in [6.07, 6.45) is -4.32. The molecule has 0 unspecified atom stereocenters. The second-order valence-electron chi connectivity index (χ2n) is 5.97. The smallest absolute Gasteiger partial charge is 0.363 e. The molecular weight excluding hydrogens is 284 g/mol. The summed E-state index contributed by atoms with van der Waals surface area (Å²) in [5, 5.41) is 3.11. The van der Waals surface area contributed by atoms with E-state index in [1.165, 1.54) is 18.2 Å². The summed E-state index contributed by atoms with van der Waals surface area (Å²) >= 11 is 0. The molecule has 1 N–H and O–H groups in total. The first-order valence-corrected chi connectivity index (χ1v) is 6.87. The fourth-order valence-corrected chi connectivity index (χ4v) is 1.96. The van der Waals surface area contributed by atoms with Crippen LogP contribution < -0.4 is 10.2 Å². The predicted octanol–water partition coefficient (Wildman–Crippen LogP) is 4.10. The zero-order chi connectivity index (χ0) is 16.3. The van der Waals surface area contributed by atoms with Crippen LogP contribution in [0, 0.1) is 5.82 Å². The molecule has 6 heteroatoms. The monoisotopic (exact) mass is 306 g/mol. The molecule has 1 aromatic carbocycles. The molecule has 0 aliphatic carbocycles. The molecule has 0 amide bonds. The molecule has 0 aliphatic heterocycles. The fraction of sp³-hybridized carbons (Fsp3) is 0.600. The van der Waals surface area contributed by atoms with E-state index in [0.717, 1.165) is 4.90 Å². The van der Waals surface area contributed by atoms with Gasteiger partial charge in [0.15, 0.2) is 0 Å². The van der Waals surface area contributed by atoms with Crippen molar-refractivity contribution in [1.82, 2.24) is 5.32 Å². The Hall–Kier alpha value is -1.30. The Morgan fingerprint density at radius 3 is 2.24 bits per heavy atom. The van der Waals surface area contributed by atoms with E-state index in [2.05, 4.69) is 5.32 Å². The lowest BCUT2D eigenvalue weighted by Crippen LogP contribution is -2.38. The van der Waals surface area contributed by atoms with E-state index in [1.54, 1.807) is 6.92 Å². The number of rotatable bonds is 5. The predicted molar refractivity (Wildman–Crippen MR) is 76.9 cm³/mol. The lowest BCUT2D eigenvalue weighted by atomic mass is 10.1. The first kappa shape index (κ1) is 17.8. The summed E-state index contributed by atoms with van der Waals surface area (Å²) in [7, 11) is 0. The topological polar surface area (TPSA) is 15.3 Å². The molecular formula is C15H22F4N2. The maximum atomic E-state index is 14.0. The van der Waals surface area contributed by atoms with Crippen LogP contribution >= 0.6 is 0 Å². The Kier molecular flexibility index (Phi) is 5.61. The van der Waals surface area contributed by atoms with E-state index in [9.17, 15) is 17.6 Å². The highest BCUT2D eigenvalue weighted by Gasteiger charge is 2.31. The van der Waals surface area contributed by atoms with Crippen molar-refractivity contribution in [2.75, 3.05) is 18.0 Å². The maximum absolute atomic E-state index is 14.0. The largest absolute Gasteiger partial charge is 0.405 e. The third-order valence-corrected chi connectivity index (χ3v) is 2.98. The van der Waals surface area contributed by atoms with E-state index in [1.807, 2.05) is 20.8 Å². The highest BCUT2D eigenvalue weighted by Crippen LogP contribution is 2.27. The van der Waals surface area contributed by atoms with Crippen molar-refractivity contribution >= 4 is 5.69 Å². The standard InChI is InChI=1S/C15H22F4N2/c1-5-21(10-15(17,18)19)13-8-6-7-12(16)11(13)9-20-14(2,3)4/h6-8,20H,5,9-10H2,1-4H3. The number of anilines is 1. The van der Waals surface area contributed by atoms with E-state index < -0.39 is 18.5 Å². The molecule has 120 valence electrons. The Morgan fingerprint density at radius 2 is 1.76 bits per heavy atom. The van der Waals surface area contributed by atoms with Crippen LogP contribution in [0.2, 0.25) is 0 Å². The lowest BCUT2D eigenvalue weighted by Gasteiger charge is -2.28. The summed E-state index contributed by atoms with van der Waals surface area (Å²) in [4.78, 5) is 1.14. The van der Waals surface area contributed by atoms with Crippen LogP contribution in [-0.2, 0) is 6.54 Å². The van der Waals surface area contributed by atoms with Gasteiger partial charge < -0.3 is 10.2 Å². The van der Waals surface area contributed by atoms with Crippen molar-refractivity contribution in [2.45, 2.75) is 46.0 Å². The molecule has 0 bridgehead atoms. The van der Waals surface area contributed by atoms with Gasteiger partial charge in [0, 0.05) is 29.9 Å². The van der Waals surface area contributed by atoms with Crippen molar-refractivity contribution in [3.8, 4) is 0 Å². The van der Waals surface area contributed by atoms with Crippen LogP contribution in [-0.4, -0.2) is 24.8 Å². The maximum Gasteiger partial charge on any atom is 0.405 e. The zero-order valence-corrected chi connectivity index (χ0v) is 12.8. The van der Waals surface area contributed by atoms with Crippen LogP contribution in [0.4, 0.5) is 23.2 Å². The normalized spacial score (nSPS) is 12.6. The quantitative estimate of drug-likeness (QED) is 0.824. The van der Waals surface area contributed by atoms with Gasteiger partial charge in [0.05, 0.1) is 0 Å². The van der Waals surface area contributed by atoms with Crippen LogP contribution in [0.25, 0.3) is 0 Å².